The average Bonchev–Trinajstić information content (AvgIpc) is 3.18. The van der Waals surface area contributed by atoms with Crippen LogP contribution in [0.3, 0.4) is 0 Å². The van der Waals surface area contributed by atoms with Crippen molar-refractivity contribution >= 4 is 51.7 Å². The molecule has 4 aromatic rings. The third-order valence-electron chi connectivity index (χ3n) is 6.25. The van der Waals surface area contributed by atoms with Crippen LogP contribution in [0.2, 0.25) is 0 Å². The molecule has 37 heavy (non-hydrogen) atoms. The highest BCUT2D eigenvalue weighted by atomic mass is 32.2. The fourth-order valence-corrected chi connectivity index (χ4v) is 5.55. The molecule has 2 aromatic heterocycles. The van der Waals surface area contributed by atoms with Gasteiger partial charge in [0.2, 0.25) is 0 Å². The smallest absolute Gasteiger partial charge is 0.267 e. The molecule has 1 aliphatic heterocycles. The van der Waals surface area contributed by atoms with E-state index in [0.717, 1.165) is 17.5 Å². The van der Waals surface area contributed by atoms with Gasteiger partial charge in [-0.2, -0.15) is 0 Å². The van der Waals surface area contributed by atoms with Crippen LogP contribution in [0.25, 0.3) is 11.7 Å². The van der Waals surface area contributed by atoms with E-state index in [9.17, 15) is 9.59 Å². The van der Waals surface area contributed by atoms with Crippen LogP contribution in [0.5, 0.6) is 0 Å². The van der Waals surface area contributed by atoms with Gasteiger partial charge in [-0.25, -0.2) is 4.98 Å². The number of carbonyl (C=O) groups is 1. The summed E-state index contributed by atoms with van der Waals surface area (Å²) in [6, 6.07) is 23.9. The third-order valence-corrected chi connectivity index (χ3v) is 7.63. The molecule has 0 unspecified atom stereocenters. The Morgan fingerprint density at radius 2 is 1.62 bits per heavy atom. The van der Waals surface area contributed by atoms with Crippen LogP contribution in [-0.4, -0.2) is 37.6 Å². The van der Waals surface area contributed by atoms with E-state index < -0.39 is 0 Å². The average molecular weight is 527 g/mol. The molecule has 5 rings (SSSR count). The standard InChI is InChI=1S/C29H26N4O2S2/c1-20-9-8-17-32-26(20)31-25(30-16-14-21-10-4-2-5-11-21)23(27(32)34)19-24-28(35)33(29(36)37-24)18-15-22-12-6-3-7-13-22/h2-13,17,19,30H,14-16,18H2,1H3/b24-19+. The maximum atomic E-state index is 13.6. The van der Waals surface area contributed by atoms with Gasteiger partial charge in [0.1, 0.15) is 15.8 Å². The predicted molar refractivity (Wildman–Crippen MR) is 155 cm³/mol. The molecule has 0 atom stereocenters. The number of benzene rings is 2. The molecule has 1 fully saturated rings. The summed E-state index contributed by atoms with van der Waals surface area (Å²) in [5.74, 6) is 0.277. The van der Waals surface area contributed by atoms with E-state index in [1.807, 2.05) is 67.6 Å². The largest absolute Gasteiger partial charge is 0.369 e. The van der Waals surface area contributed by atoms with Crippen molar-refractivity contribution in [3.05, 3.63) is 117 Å². The van der Waals surface area contributed by atoms with E-state index in [1.165, 1.54) is 21.7 Å². The molecular weight excluding hydrogens is 500 g/mol. The molecule has 0 bridgehead atoms. The van der Waals surface area contributed by atoms with Gasteiger partial charge < -0.3 is 5.32 Å². The van der Waals surface area contributed by atoms with E-state index >= 15 is 0 Å². The fourth-order valence-electron chi connectivity index (χ4n) is 4.26. The van der Waals surface area contributed by atoms with Gasteiger partial charge in [-0.15, -0.1) is 0 Å². The lowest BCUT2D eigenvalue weighted by atomic mass is 10.1. The summed E-state index contributed by atoms with van der Waals surface area (Å²) in [5, 5.41) is 3.34. The summed E-state index contributed by atoms with van der Waals surface area (Å²) < 4.78 is 2.02. The fraction of sp³-hybridized carbons (Fsp3) is 0.172. The number of nitrogens with one attached hydrogen (secondary N) is 1. The number of pyridine rings is 1. The van der Waals surface area contributed by atoms with Crippen LogP contribution >= 0.6 is 24.0 Å². The van der Waals surface area contributed by atoms with E-state index in [-0.39, 0.29) is 11.5 Å². The Kier molecular flexibility index (Phi) is 7.48. The Labute approximate surface area is 225 Å². The molecule has 0 spiro atoms. The number of fused-ring (bicyclic) bond motifs is 1. The van der Waals surface area contributed by atoms with Crippen LogP contribution in [-0.2, 0) is 17.6 Å². The van der Waals surface area contributed by atoms with Crippen molar-refractivity contribution in [3.8, 4) is 0 Å². The van der Waals surface area contributed by atoms with Crippen molar-refractivity contribution in [1.29, 1.82) is 0 Å². The number of thioether (sulfide) groups is 1. The summed E-state index contributed by atoms with van der Waals surface area (Å²) >= 11 is 6.75. The molecule has 2 aromatic carbocycles. The number of amides is 1. The molecule has 1 aliphatic rings. The van der Waals surface area contributed by atoms with Crippen molar-refractivity contribution in [3.63, 3.8) is 0 Å². The van der Waals surface area contributed by atoms with Crippen molar-refractivity contribution in [2.75, 3.05) is 18.4 Å². The van der Waals surface area contributed by atoms with Crippen LogP contribution in [0.1, 0.15) is 22.3 Å². The molecule has 1 amide bonds. The lowest BCUT2D eigenvalue weighted by Gasteiger charge is -2.14. The topological polar surface area (TPSA) is 66.7 Å². The summed E-state index contributed by atoms with van der Waals surface area (Å²) in [5.41, 5.74) is 3.92. The van der Waals surface area contributed by atoms with E-state index in [2.05, 4.69) is 17.4 Å². The highest BCUT2D eigenvalue weighted by Crippen LogP contribution is 2.33. The second kappa shape index (κ2) is 11.1. The van der Waals surface area contributed by atoms with Gasteiger partial charge in [-0.05, 0) is 48.6 Å². The van der Waals surface area contributed by atoms with Crippen LogP contribution in [0, 0.1) is 6.92 Å². The van der Waals surface area contributed by atoms with E-state index in [0.29, 0.717) is 45.8 Å². The Morgan fingerprint density at radius 3 is 2.32 bits per heavy atom. The highest BCUT2D eigenvalue weighted by Gasteiger charge is 2.32. The molecule has 0 saturated carbocycles. The van der Waals surface area contributed by atoms with Gasteiger partial charge >= 0.3 is 0 Å². The Balaban J connectivity index is 1.45. The van der Waals surface area contributed by atoms with Crippen LogP contribution in [0.4, 0.5) is 5.82 Å². The number of carbonyl (C=O) groups excluding carboxylic acids is 1. The zero-order valence-electron chi connectivity index (χ0n) is 20.4. The normalized spacial score (nSPS) is 14.6. The number of thiocarbonyl (C=S) groups is 1. The zero-order valence-corrected chi connectivity index (χ0v) is 22.0. The number of hydrogen-bond acceptors (Lipinski definition) is 6. The Hall–Kier alpha value is -3.75. The molecule has 8 heteroatoms. The van der Waals surface area contributed by atoms with E-state index in [4.69, 9.17) is 17.2 Å². The van der Waals surface area contributed by atoms with E-state index in [1.54, 1.807) is 17.2 Å². The first-order valence-corrected chi connectivity index (χ1v) is 13.3. The number of anilines is 1. The molecule has 1 N–H and O–H groups in total. The molecule has 0 aliphatic carbocycles. The number of nitrogens with zero attached hydrogens (tertiary/aromatic N) is 3. The van der Waals surface area contributed by atoms with Gasteiger partial charge in [0.15, 0.2) is 0 Å². The molecule has 0 radical (unpaired) electrons. The minimum absolute atomic E-state index is 0.185. The number of aryl methyl sites for hydroxylation is 1. The van der Waals surface area contributed by atoms with Gasteiger partial charge in [0, 0.05) is 19.3 Å². The summed E-state index contributed by atoms with van der Waals surface area (Å²) in [4.78, 5) is 33.7. The van der Waals surface area contributed by atoms with Gasteiger partial charge in [-0.3, -0.25) is 18.9 Å². The number of hydrogen-bond donors (Lipinski definition) is 1. The second-order valence-corrected chi connectivity index (χ2v) is 10.5. The van der Waals surface area contributed by atoms with Crippen molar-refractivity contribution in [2.45, 2.75) is 19.8 Å². The van der Waals surface area contributed by atoms with Crippen molar-refractivity contribution in [1.82, 2.24) is 14.3 Å². The number of rotatable bonds is 8. The summed E-state index contributed by atoms with van der Waals surface area (Å²) in [6.45, 7) is 3.01. The molecule has 3 heterocycles. The Bertz CT molecular complexity index is 1550. The molecular formula is C29H26N4O2S2. The Morgan fingerprint density at radius 1 is 0.946 bits per heavy atom. The SMILES string of the molecule is Cc1cccn2c(=O)c(/C=C3/SC(=S)N(CCc4ccccc4)C3=O)c(NCCc3ccccc3)nc12. The molecule has 186 valence electrons. The second-order valence-electron chi connectivity index (χ2n) is 8.80. The lowest BCUT2D eigenvalue weighted by molar-refractivity contribution is -0.122. The van der Waals surface area contributed by atoms with Crippen LogP contribution in [0.15, 0.2) is 88.7 Å². The first kappa shape index (κ1) is 24.9. The quantitative estimate of drug-likeness (QED) is 0.255. The molecule has 1 saturated heterocycles. The molecule has 6 nitrogen and oxygen atoms in total. The third kappa shape index (κ3) is 5.50. The van der Waals surface area contributed by atoms with Gasteiger partial charge in [0.05, 0.1) is 10.5 Å². The zero-order chi connectivity index (χ0) is 25.8. The van der Waals surface area contributed by atoms with Crippen molar-refractivity contribution in [2.24, 2.45) is 0 Å². The maximum absolute atomic E-state index is 13.6. The lowest BCUT2D eigenvalue weighted by Crippen LogP contribution is -2.30. The number of aromatic nitrogens is 2. The minimum atomic E-state index is -0.231. The minimum Gasteiger partial charge on any atom is -0.369 e. The maximum Gasteiger partial charge on any atom is 0.267 e. The van der Waals surface area contributed by atoms with Crippen LogP contribution < -0.4 is 10.9 Å². The van der Waals surface area contributed by atoms with Gasteiger partial charge in [-0.1, -0.05) is 90.7 Å². The highest BCUT2D eigenvalue weighted by molar-refractivity contribution is 8.26. The van der Waals surface area contributed by atoms with Gasteiger partial charge in [0.25, 0.3) is 11.5 Å². The predicted octanol–water partition coefficient (Wildman–Crippen LogP) is 5.10. The van der Waals surface area contributed by atoms with Crippen molar-refractivity contribution < 1.29 is 4.79 Å². The summed E-state index contributed by atoms with van der Waals surface area (Å²) in [7, 11) is 0. The first-order chi connectivity index (χ1) is 18.0. The summed E-state index contributed by atoms with van der Waals surface area (Å²) in [6.07, 6.45) is 4.81. The first-order valence-electron chi connectivity index (χ1n) is 12.1. The monoisotopic (exact) mass is 526 g/mol.